The van der Waals surface area contributed by atoms with Crippen LogP contribution in [0.3, 0.4) is 0 Å². The van der Waals surface area contributed by atoms with Crippen LogP contribution in [0.5, 0.6) is 0 Å². The van der Waals surface area contributed by atoms with Gasteiger partial charge in [0.15, 0.2) is 0 Å². The minimum atomic E-state index is -0.146. The Hall–Kier alpha value is -2.62. The van der Waals surface area contributed by atoms with Crippen molar-refractivity contribution in [3.8, 4) is 0 Å². The normalized spacial score (nSPS) is 10.2. The summed E-state index contributed by atoms with van der Waals surface area (Å²) in [7, 11) is 1.78. The number of nitrogens with zero attached hydrogens (tertiary/aromatic N) is 1. The Labute approximate surface area is 137 Å². The fraction of sp³-hybridized carbons (Fsp3) is 0.263. The van der Waals surface area contributed by atoms with Crippen LogP contribution >= 0.6 is 0 Å². The Bertz CT molecular complexity index is 668. The zero-order valence-electron chi connectivity index (χ0n) is 13.6. The molecule has 0 aromatic heterocycles. The standard InChI is InChI=1S/C19H22N2O2/c1-15-7-6-10-17(13-15)19(23)20-12-11-18(22)21(2)14-16-8-4-3-5-9-16/h3-10,13H,11-12,14H2,1-2H3,(H,20,23). The highest BCUT2D eigenvalue weighted by Gasteiger charge is 2.10. The maximum Gasteiger partial charge on any atom is 0.251 e. The number of carbonyl (C=O) groups excluding carboxylic acids is 2. The van der Waals surface area contributed by atoms with Gasteiger partial charge in [0.05, 0.1) is 0 Å². The monoisotopic (exact) mass is 310 g/mol. The summed E-state index contributed by atoms with van der Waals surface area (Å²) in [6.45, 7) is 2.86. The van der Waals surface area contributed by atoms with Gasteiger partial charge in [-0.05, 0) is 24.6 Å². The number of aryl methyl sites for hydroxylation is 1. The zero-order chi connectivity index (χ0) is 16.7. The van der Waals surface area contributed by atoms with Gasteiger partial charge in [-0.3, -0.25) is 9.59 Å². The maximum absolute atomic E-state index is 12.1. The molecular weight excluding hydrogens is 288 g/mol. The molecule has 0 radical (unpaired) electrons. The van der Waals surface area contributed by atoms with Gasteiger partial charge in [-0.15, -0.1) is 0 Å². The Morgan fingerprint density at radius 1 is 1.04 bits per heavy atom. The summed E-state index contributed by atoms with van der Waals surface area (Å²) >= 11 is 0. The van der Waals surface area contributed by atoms with Crippen LogP contribution in [0.15, 0.2) is 54.6 Å². The van der Waals surface area contributed by atoms with Crippen LogP contribution in [0.4, 0.5) is 0 Å². The van der Waals surface area contributed by atoms with Crippen molar-refractivity contribution in [2.24, 2.45) is 0 Å². The summed E-state index contributed by atoms with van der Waals surface area (Å²) in [6.07, 6.45) is 0.293. The third kappa shape index (κ3) is 5.25. The van der Waals surface area contributed by atoms with E-state index in [1.807, 2.05) is 55.5 Å². The Kier molecular flexibility index (Phi) is 5.92. The lowest BCUT2D eigenvalue weighted by atomic mass is 10.1. The van der Waals surface area contributed by atoms with E-state index in [2.05, 4.69) is 5.32 Å². The minimum absolute atomic E-state index is 0.0124. The van der Waals surface area contributed by atoms with Gasteiger partial charge in [-0.25, -0.2) is 0 Å². The number of rotatable bonds is 6. The molecule has 2 aromatic rings. The molecule has 0 heterocycles. The summed E-state index contributed by atoms with van der Waals surface area (Å²) < 4.78 is 0. The molecule has 0 spiro atoms. The van der Waals surface area contributed by atoms with Gasteiger partial charge in [0.1, 0.15) is 0 Å². The number of hydrogen-bond acceptors (Lipinski definition) is 2. The van der Waals surface area contributed by atoms with Crippen molar-refractivity contribution in [2.75, 3.05) is 13.6 Å². The van der Waals surface area contributed by atoms with E-state index in [1.165, 1.54) is 0 Å². The van der Waals surface area contributed by atoms with Crippen molar-refractivity contribution < 1.29 is 9.59 Å². The number of benzene rings is 2. The zero-order valence-corrected chi connectivity index (χ0v) is 13.6. The highest BCUT2D eigenvalue weighted by Crippen LogP contribution is 2.05. The highest BCUT2D eigenvalue weighted by molar-refractivity contribution is 5.94. The molecule has 0 aliphatic carbocycles. The highest BCUT2D eigenvalue weighted by atomic mass is 16.2. The van der Waals surface area contributed by atoms with E-state index < -0.39 is 0 Å². The largest absolute Gasteiger partial charge is 0.352 e. The van der Waals surface area contributed by atoms with Crippen molar-refractivity contribution in [2.45, 2.75) is 19.9 Å². The van der Waals surface area contributed by atoms with Crippen LogP contribution < -0.4 is 5.32 Å². The van der Waals surface area contributed by atoms with E-state index >= 15 is 0 Å². The summed E-state index contributed by atoms with van der Waals surface area (Å²) in [5.74, 6) is -0.134. The van der Waals surface area contributed by atoms with E-state index in [4.69, 9.17) is 0 Å². The molecule has 4 heteroatoms. The molecule has 1 N–H and O–H groups in total. The van der Waals surface area contributed by atoms with Gasteiger partial charge < -0.3 is 10.2 Å². The maximum atomic E-state index is 12.1. The van der Waals surface area contributed by atoms with Gasteiger partial charge >= 0.3 is 0 Å². The molecule has 0 aliphatic heterocycles. The molecule has 0 saturated carbocycles. The van der Waals surface area contributed by atoms with Gasteiger partial charge in [-0.1, -0.05) is 48.0 Å². The number of hydrogen-bond donors (Lipinski definition) is 1. The smallest absolute Gasteiger partial charge is 0.251 e. The average molecular weight is 310 g/mol. The molecule has 0 aliphatic rings. The van der Waals surface area contributed by atoms with Crippen molar-refractivity contribution in [3.05, 3.63) is 71.3 Å². The third-order valence-corrected chi connectivity index (χ3v) is 3.59. The van der Waals surface area contributed by atoms with Crippen LogP contribution in [-0.4, -0.2) is 30.3 Å². The van der Waals surface area contributed by atoms with Crippen molar-refractivity contribution in [1.82, 2.24) is 10.2 Å². The predicted octanol–water partition coefficient (Wildman–Crippen LogP) is 2.77. The summed E-state index contributed by atoms with van der Waals surface area (Å²) in [5.41, 5.74) is 2.75. The molecule has 0 bridgehead atoms. The second-order valence-electron chi connectivity index (χ2n) is 5.61. The predicted molar refractivity (Wildman–Crippen MR) is 91.0 cm³/mol. The lowest BCUT2D eigenvalue weighted by Crippen LogP contribution is -2.31. The average Bonchev–Trinajstić information content (AvgIpc) is 2.55. The molecule has 2 amide bonds. The lowest BCUT2D eigenvalue weighted by Gasteiger charge is -2.17. The minimum Gasteiger partial charge on any atom is -0.352 e. The molecule has 4 nitrogen and oxygen atoms in total. The van der Waals surface area contributed by atoms with Crippen molar-refractivity contribution >= 4 is 11.8 Å². The van der Waals surface area contributed by atoms with E-state index in [1.54, 1.807) is 18.0 Å². The Balaban J connectivity index is 1.77. The molecule has 2 rings (SSSR count). The lowest BCUT2D eigenvalue weighted by molar-refractivity contribution is -0.130. The first-order valence-electron chi connectivity index (χ1n) is 7.69. The molecule has 0 atom stereocenters. The molecule has 0 unspecified atom stereocenters. The van der Waals surface area contributed by atoms with Crippen LogP contribution in [0.2, 0.25) is 0 Å². The van der Waals surface area contributed by atoms with E-state index in [-0.39, 0.29) is 11.8 Å². The van der Waals surface area contributed by atoms with Crippen molar-refractivity contribution in [3.63, 3.8) is 0 Å². The van der Waals surface area contributed by atoms with E-state index in [9.17, 15) is 9.59 Å². The summed E-state index contributed by atoms with van der Waals surface area (Å²) in [5, 5.41) is 2.79. The molecule has 120 valence electrons. The van der Waals surface area contributed by atoms with E-state index in [0.29, 0.717) is 25.1 Å². The number of nitrogens with one attached hydrogen (secondary N) is 1. The number of amides is 2. The fourth-order valence-electron chi connectivity index (χ4n) is 2.31. The molecule has 23 heavy (non-hydrogen) atoms. The first kappa shape index (κ1) is 16.7. The van der Waals surface area contributed by atoms with Gasteiger partial charge in [0.25, 0.3) is 5.91 Å². The second-order valence-corrected chi connectivity index (χ2v) is 5.61. The first-order chi connectivity index (χ1) is 11.1. The number of carbonyl (C=O) groups is 2. The van der Waals surface area contributed by atoms with Gasteiger partial charge in [-0.2, -0.15) is 0 Å². The van der Waals surface area contributed by atoms with Gasteiger partial charge in [0, 0.05) is 32.1 Å². The first-order valence-corrected chi connectivity index (χ1v) is 7.69. The topological polar surface area (TPSA) is 49.4 Å². The van der Waals surface area contributed by atoms with Crippen LogP contribution in [0, 0.1) is 6.92 Å². The third-order valence-electron chi connectivity index (χ3n) is 3.59. The molecule has 2 aromatic carbocycles. The molecular formula is C19H22N2O2. The molecule has 0 saturated heterocycles. The SMILES string of the molecule is Cc1cccc(C(=O)NCCC(=O)N(C)Cc2ccccc2)c1. The second kappa shape index (κ2) is 8.13. The van der Waals surface area contributed by atoms with E-state index in [0.717, 1.165) is 11.1 Å². The van der Waals surface area contributed by atoms with Crippen molar-refractivity contribution in [1.29, 1.82) is 0 Å². The molecule has 0 fully saturated rings. The fourth-order valence-corrected chi connectivity index (χ4v) is 2.31. The van der Waals surface area contributed by atoms with Crippen LogP contribution in [-0.2, 0) is 11.3 Å². The quantitative estimate of drug-likeness (QED) is 0.892. The Morgan fingerprint density at radius 3 is 2.48 bits per heavy atom. The summed E-state index contributed by atoms with van der Waals surface area (Å²) in [4.78, 5) is 25.8. The Morgan fingerprint density at radius 2 is 1.78 bits per heavy atom. The summed E-state index contributed by atoms with van der Waals surface area (Å²) in [6, 6.07) is 17.2. The van der Waals surface area contributed by atoms with Gasteiger partial charge in [0.2, 0.25) is 5.91 Å². The van der Waals surface area contributed by atoms with Crippen LogP contribution in [0.25, 0.3) is 0 Å². The van der Waals surface area contributed by atoms with Crippen LogP contribution in [0.1, 0.15) is 27.9 Å².